The molecule has 0 bridgehead atoms. The van der Waals surface area contributed by atoms with E-state index in [2.05, 4.69) is 35.9 Å². The molecule has 0 radical (unpaired) electrons. The standard InChI is InChI=1S/C30H37N3O3.2ClH/c1-21(2)28(20-32-15-16-33(23(4)19-32)25-9-8-10-26(34)18-25)31-30(35)24-13-14-29(22(3)17-24)36-27-11-6-5-7-12-27;;/h5-14,17-18,21,23,28,34H,15-16,19-20H2,1-4H3,(H,31,35);2*1H/t23-,28+;;/m0../s1. The molecule has 0 unspecified atom stereocenters. The average molecular weight is 561 g/mol. The Kier molecular flexibility index (Phi) is 11.8. The Morgan fingerprint density at radius 3 is 2.39 bits per heavy atom. The number of carbonyl (C=O) groups excluding carboxylic acids is 1. The van der Waals surface area contributed by atoms with Crippen molar-refractivity contribution in [3.63, 3.8) is 0 Å². The van der Waals surface area contributed by atoms with Gasteiger partial charge in [0.2, 0.25) is 0 Å². The maximum atomic E-state index is 13.2. The number of amides is 1. The summed E-state index contributed by atoms with van der Waals surface area (Å²) in [6.45, 7) is 12.0. The van der Waals surface area contributed by atoms with Crippen molar-refractivity contribution in [3.8, 4) is 17.2 Å². The van der Waals surface area contributed by atoms with E-state index in [-0.39, 0.29) is 36.8 Å². The van der Waals surface area contributed by atoms with Crippen LogP contribution in [0.15, 0.2) is 72.8 Å². The molecular formula is C30H39Cl2N3O3. The van der Waals surface area contributed by atoms with Gasteiger partial charge in [-0.15, -0.1) is 24.8 Å². The lowest BCUT2D eigenvalue weighted by atomic mass is 10.0. The Labute approximate surface area is 238 Å². The monoisotopic (exact) mass is 559 g/mol. The number of ether oxygens (including phenoxy) is 1. The minimum atomic E-state index is -0.0606. The van der Waals surface area contributed by atoms with Gasteiger partial charge in [0.05, 0.1) is 0 Å². The van der Waals surface area contributed by atoms with Crippen LogP contribution in [0.5, 0.6) is 17.2 Å². The zero-order chi connectivity index (χ0) is 25.7. The van der Waals surface area contributed by atoms with Crippen LogP contribution in [0.2, 0.25) is 0 Å². The lowest BCUT2D eigenvalue weighted by Gasteiger charge is -2.42. The first-order valence-corrected chi connectivity index (χ1v) is 12.7. The number of anilines is 1. The number of hydrogen-bond donors (Lipinski definition) is 2. The molecule has 1 aliphatic rings. The number of aromatic hydroxyl groups is 1. The lowest BCUT2D eigenvalue weighted by Crippen LogP contribution is -2.56. The fraction of sp³-hybridized carbons (Fsp3) is 0.367. The van der Waals surface area contributed by atoms with Crippen molar-refractivity contribution in [3.05, 3.63) is 83.9 Å². The highest BCUT2D eigenvalue weighted by atomic mass is 35.5. The summed E-state index contributed by atoms with van der Waals surface area (Å²) < 4.78 is 5.96. The summed E-state index contributed by atoms with van der Waals surface area (Å²) >= 11 is 0. The normalized spacial score (nSPS) is 16.2. The number of halogens is 2. The van der Waals surface area contributed by atoms with E-state index in [1.807, 2.05) is 73.7 Å². The Balaban J connectivity index is 0.00000253. The van der Waals surface area contributed by atoms with Crippen molar-refractivity contribution in [2.24, 2.45) is 5.92 Å². The summed E-state index contributed by atoms with van der Waals surface area (Å²) in [5.41, 5.74) is 2.61. The Morgan fingerprint density at radius 2 is 1.76 bits per heavy atom. The summed E-state index contributed by atoms with van der Waals surface area (Å²) in [4.78, 5) is 17.9. The van der Waals surface area contributed by atoms with Gasteiger partial charge in [0.1, 0.15) is 17.2 Å². The fourth-order valence-corrected chi connectivity index (χ4v) is 4.73. The second-order valence-electron chi connectivity index (χ2n) is 10.0. The molecule has 2 atom stereocenters. The molecule has 3 aromatic carbocycles. The molecule has 0 saturated carbocycles. The quantitative estimate of drug-likeness (QED) is 0.339. The van der Waals surface area contributed by atoms with E-state index in [1.165, 1.54) is 0 Å². The van der Waals surface area contributed by atoms with Gasteiger partial charge in [0.25, 0.3) is 5.91 Å². The van der Waals surface area contributed by atoms with E-state index in [0.717, 1.165) is 48.9 Å². The highest BCUT2D eigenvalue weighted by Gasteiger charge is 2.27. The number of benzene rings is 3. The third-order valence-corrected chi connectivity index (χ3v) is 6.86. The van der Waals surface area contributed by atoms with Crippen molar-refractivity contribution in [2.45, 2.75) is 39.8 Å². The summed E-state index contributed by atoms with van der Waals surface area (Å²) in [5, 5.41) is 13.1. The third kappa shape index (κ3) is 8.03. The number of para-hydroxylation sites is 1. The SMILES string of the molecule is Cc1cc(C(=O)N[C@H](CN2CCN(c3cccc(O)c3)[C@@H](C)C2)C(C)C)ccc1Oc1ccccc1.Cl.Cl. The zero-order valence-electron chi connectivity index (χ0n) is 22.5. The van der Waals surface area contributed by atoms with Crippen molar-refractivity contribution < 1.29 is 14.6 Å². The summed E-state index contributed by atoms with van der Waals surface area (Å²) in [6, 6.07) is 23.0. The largest absolute Gasteiger partial charge is 0.508 e. The van der Waals surface area contributed by atoms with Gasteiger partial charge in [0, 0.05) is 55.6 Å². The van der Waals surface area contributed by atoms with E-state index in [0.29, 0.717) is 23.3 Å². The number of phenols is 1. The van der Waals surface area contributed by atoms with Gasteiger partial charge in [-0.25, -0.2) is 0 Å². The van der Waals surface area contributed by atoms with Crippen LogP contribution in [0.4, 0.5) is 5.69 Å². The van der Waals surface area contributed by atoms with Crippen LogP contribution < -0.4 is 15.0 Å². The van der Waals surface area contributed by atoms with E-state index in [1.54, 1.807) is 6.07 Å². The Morgan fingerprint density at radius 1 is 1.03 bits per heavy atom. The van der Waals surface area contributed by atoms with Gasteiger partial charge < -0.3 is 20.1 Å². The van der Waals surface area contributed by atoms with Gasteiger partial charge in [-0.2, -0.15) is 0 Å². The predicted octanol–water partition coefficient (Wildman–Crippen LogP) is 6.30. The van der Waals surface area contributed by atoms with Crippen LogP contribution in [0.3, 0.4) is 0 Å². The number of piperazine rings is 1. The van der Waals surface area contributed by atoms with Crippen LogP contribution in [0.25, 0.3) is 0 Å². The molecule has 206 valence electrons. The first kappa shape index (κ1) is 31.3. The number of nitrogens with one attached hydrogen (secondary N) is 1. The minimum Gasteiger partial charge on any atom is -0.508 e. The van der Waals surface area contributed by atoms with Crippen LogP contribution >= 0.6 is 24.8 Å². The van der Waals surface area contributed by atoms with Crippen molar-refractivity contribution in [2.75, 3.05) is 31.1 Å². The maximum Gasteiger partial charge on any atom is 0.251 e. The molecular weight excluding hydrogens is 521 g/mol. The lowest BCUT2D eigenvalue weighted by molar-refractivity contribution is 0.0903. The van der Waals surface area contributed by atoms with Gasteiger partial charge in [-0.1, -0.05) is 38.1 Å². The summed E-state index contributed by atoms with van der Waals surface area (Å²) in [5.74, 6) is 2.05. The second-order valence-corrected chi connectivity index (χ2v) is 10.0. The molecule has 1 aliphatic heterocycles. The van der Waals surface area contributed by atoms with Crippen LogP contribution in [-0.2, 0) is 0 Å². The van der Waals surface area contributed by atoms with Crippen molar-refractivity contribution >= 4 is 36.4 Å². The molecule has 38 heavy (non-hydrogen) atoms. The number of phenolic OH excluding ortho intramolecular Hbond substituents is 1. The average Bonchev–Trinajstić information content (AvgIpc) is 2.85. The molecule has 1 saturated heterocycles. The van der Waals surface area contributed by atoms with E-state index in [4.69, 9.17) is 4.74 Å². The first-order chi connectivity index (χ1) is 17.3. The van der Waals surface area contributed by atoms with Gasteiger partial charge >= 0.3 is 0 Å². The molecule has 0 spiro atoms. The molecule has 6 nitrogen and oxygen atoms in total. The molecule has 8 heteroatoms. The molecule has 3 aromatic rings. The van der Waals surface area contributed by atoms with Crippen molar-refractivity contribution in [1.82, 2.24) is 10.2 Å². The third-order valence-electron chi connectivity index (χ3n) is 6.86. The molecule has 1 amide bonds. The molecule has 2 N–H and O–H groups in total. The zero-order valence-corrected chi connectivity index (χ0v) is 24.1. The number of nitrogens with zero attached hydrogens (tertiary/aromatic N) is 2. The molecule has 1 heterocycles. The Hall–Kier alpha value is -2.93. The number of rotatable bonds is 8. The number of carbonyl (C=O) groups is 1. The van der Waals surface area contributed by atoms with Gasteiger partial charge in [-0.05, 0) is 67.8 Å². The van der Waals surface area contributed by atoms with Crippen LogP contribution in [-0.4, -0.2) is 54.2 Å². The summed E-state index contributed by atoms with van der Waals surface area (Å²) in [6.07, 6.45) is 0. The number of hydrogen-bond acceptors (Lipinski definition) is 5. The number of aryl methyl sites for hydroxylation is 1. The fourth-order valence-electron chi connectivity index (χ4n) is 4.73. The van der Waals surface area contributed by atoms with Crippen LogP contribution in [0.1, 0.15) is 36.7 Å². The van der Waals surface area contributed by atoms with E-state index < -0.39 is 0 Å². The second kappa shape index (κ2) is 14.3. The predicted molar refractivity (Wildman–Crippen MR) is 160 cm³/mol. The van der Waals surface area contributed by atoms with Crippen LogP contribution in [0, 0.1) is 12.8 Å². The molecule has 0 aromatic heterocycles. The van der Waals surface area contributed by atoms with E-state index >= 15 is 0 Å². The van der Waals surface area contributed by atoms with Crippen molar-refractivity contribution in [1.29, 1.82) is 0 Å². The Bertz CT molecular complexity index is 1180. The topological polar surface area (TPSA) is 65.0 Å². The van der Waals surface area contributed by atoms with E-state index in [9.17, 15) is 9.90 Å². The van der Waals surface area contributed by atoms with Gasteiger partial charge in [0.15, 0.2) is 0 Å². The smallest absolute Gasteiger partial charge is 0.251 e. The molecule has 4 rings (SSSR count). The highest BCUT2D eigenvalue weighted by molar-refractivity contribution is 5.94. The highest BCUT2D eigenvalue weighted by Crippen LogP contribution is 2.26. The first-order valence-electron chi connectivity index (χ1n) is 12.7. The molecule has 1 fully saturated rings. The molecule has 0 aliphatic carbocycles. The van der Waals surface area contributed by atoms with Gasteiger partial charge in [-0.3, -0.25) is 9.69 Å². The maximum absolute atomic E-state index is 13.2. The minimum absolute atomic E-state index is 0. The summed E-state index contributed by atoms with van der Waals surface area (Å²) in [7, 11) is 0.